The van der Waals surface area contributed by atoms with E-state index in [9.17, 15) is 29.1 Å². The molecular weight excluding hydrogens is 628 g/mol. The molecule has 3 N–H and O–H groups in total. The number of carboxylic acid groups (broad SMARTS) is 1. The summed E-state index contributed by atoms with van der Waals surface area (Å²) in [4.78, 5) is 63.1. The van der Waals surface area contributed by atoms with Gasteiger partial charge in [-0.25, -0.2) is 14.4 Å². The van der Waals surface area contributed by atoms with Crippen molar-refractivity contribution >= 4 is 35.4 Å². The molecule has 0 spiro atoms. The number of carbonyl (C=O) groups is 5. The second kappa shape index (κ2) is 16.2. The average Bonchev–Trinajstić information content (AvgIpc) is 3.67. The van der Waals surface area contributed by atoms with E-state index in [1.807, 2.05) is 0 Å². The number of methoxy groups -OCH3 is 1. The number of carboxylic acids is 1. The molecule has 1 atom stereocenters. The molecule has 0 aromatic heterocycles. The minimum absolute atomic E-state index is 0.000665. The first kappa shape index (κ1) is 34.4. The SMILES string of the molecule is COc1cc(CC(NC(=O)c2ccc(NC(=O)C3CCCC3)cc2)C(=O)O)ccc1OC(=O)c1ccccc1COC(=O)c1ccccc1. The second-order valence-electron chi connectivity index (χ2n) is 11.6. The van der Waals surface area contributed by atoms with E-state index in [1.54, 1.807) is 72.8 Å². The van der Waals surface area contributed by atoms with Crippen LogP contribution in [-0.4, -0.2) is 48.0 Å². The van der Waals surface area contributed by atoms with Crippen LogP contribution < -0.4 is 20.1 Å². The third-order valence-corrected chi connectivity index (χ3v) is 8.22. The van der Waals surface area contributed by atoms with Crippen LogP contribution in [0, 0.1) is 5.92 Å². The number of rotatable bonds is 13. The van der Waals surface area contributed by atoms with Gasteiger partial charge in [0.2, 0.25) is 5.91 Å². The van der Waals surface area contributed by atoms with E-state index in [-0.39, 0.29) is 47.5 Å². The Balaban J connectivity index is 1.20. The number of esters is 2. The molecule has 1 saturated carbocycles. The van der Waals surface area contributed by atoms with Gasteiger partial charge in [0.15, 0.2) is 11.5 Å². The van der Waals surface area contributed by atoms with Gasteiger partial charge in [0.1, 0.15) is 12.6 Å². The fourth-order valence-electron chi connectivity index (χ4n) is 5.54. The van der Waals surface area contributed by atoms with Crippen LogP contribution >= 0.6 is 0 Å². The van der Waals surface area contributed by atoms with Gasteiger partial charge >= 0.3 is 17.9 Å². The summed E-state index contributed by atoms with van der Waals surface area (Å²) in [5, 5.41) is 15.3. The lowest BCUT2D eigenvalue weighted by atomic mass is 10.0. The normalized spacial score (nSPS) is 13.2. The molecule has 0 bridgehead atoms. The third-order valence-electron chi connectivity index (χ3n) is 8.22. The lowest BCUT2D eigenvalue weighted by Gasteiger charge is -2.17. The fraction of sp³-hybridized carbons (Fsp3) is 0.237. The van der Waals surface area contributed by atoms with Crippen LogP contribution in [0.25, 0.3) is 0 Å². The monoisotopic (exact) mass is 664 g/mol. The largest absolute Gasteiger partial charge is 0.493 e. The van der Waals surface area contributed by atoms with Crippen LogP contribution in [0.4, 0.5) is 5.69 Å². The molecule has 1 aliphatic rings. The Labute approximate surface area is 283 Å². The Morgan fingerprint density at radius 2 is 1.49 bits per heavy atom. The van der Waals surface area contributed by atoms with Gasteiger partial charge in [-0.15, -0.1) is 0 Å². The number of nitrogens with one attached hydrogen (secondary N) is 2. The van der Waals surface area contributed by atoms with Gasteiger partial charge in [0, 0.05) is 29.2 Å². The minimum Gasteiger partial charge on any atom is -0.493 e. The molecule has 1 aliphatic carbocycles. The maximum absolute atomic E-state index is 13.2. The minimum atomic E-state index is -1.28. The van der Waals surface area contributed by atoms with Gasteiger partial charge in [0.05, 0.1) is 18.2 Å². The summed E-state index contributed by atoms with van der Waals surface area (Å²) in [6.07, 6.45) is 3.73. The van der Waals surface area contributed by atoms with Crippen molar-refractivity contribution in [2.45, 2.75) is 44.8 Å². The van der Waals surface area contributed by atoms with Crippen molar-refractivity contribution in [3.8, 4) is 11.5 Å². The Bertz CT molecular complexity index is 1820. The zero-order valence-electron chi connectivity index (χ0n) is 26.8. The first-order valence-corrected chi connectivity index (χ1v) is 15.9. The van der Waals surface area contributed by atoms with Crippen LogP contribution in [-0.2, 0) is 27.4 Å². The maximum Gasteiger partial charge on any atom is 0.344 e. The van der Waals surface area contributed by atoms with E-state index in [0.29, 0.717) is 22.4 Å². The highest BCUT2D eigenvalue weighted by Gasteiger charge is 2.25. The zero-order valence-corrected chi connectivity index (χ0v) is 26.8. The molecule has 0 aliphatic heterocycles. The standard InChI is InChI=1S/C38H36N2O9/c1-47-33-22-24(21-31(36(43)44)40-35(42)26-16-18-29(19-17-26)39-34(41)25-9-5-6-10-25)15-20-32(33)49-38(46)30-14-8-7-13-28(30)23-48-37(45)27-11-3-2-4-12-27/h2-4,7-8,11-20,22,25,31H,5-6,9-10,21,23H2,1H3,(H,39,41)(H,40,42)(H,43,44). The predicted molar refractivity (Wildman–Crippen MR) is 180 cm³/mol. The van der Waals surface area contributed by atoms with E-state index >= 15 is 0 Å². The van der Waals surface area contributed by atoms with Gasteiger partial charge in [-0.2, -0.15) is 0 Å². The molecule has 1 unspecified atom stereocenters. The zero-order chi connectivity index (χ0) is 34.8. The molecule has 49 heavy (non-hydrogen) atoms. The summed E-state index contributed by atoms with van der Waals surface area (Å²) in [5.41, 5.74) is 2.31. The number of anilines is 1. The molecule has 0 heterocycles. The van der Waals surface area contributed by atoms with Crippen molar-refractivity contribution < 1.29 is 43.3 Å². The smallest absolute Gasteiger partial charge is 0.344 e. The first-order valence-electron chi connectivity index (χ1n) is 15.9. The van der Waals surface area contributed by atoms with Gasteiger partial charge in [-0.3, -0.25) is 9.59 Å². The molecule has 252 valence electrons. The number of aliphatic carboxylic acids is 1. The van der Waals surface area contributed by atoms with E-state index in [4.69, 9.17) is 14.2 Å². The van der Waals surface area contributed by atoms with Crippen LogP contribution in [0.1, 0.15) is 67.9 Å². The second-order valence-corrected chi connectivity index (χ2v) is 11.6. The van der Waals surface area contributed by atoms with Gasteiger partial charge < -0.3 is 30.0 Å². The maximum atomic E-state index is 13.2. The highest BCUT2D eigenvalue weighted by molar-refractivity contribution is 5.98. The van der Waals surface area contributed by atoms with Gasteiger partial charge in [-0.1, -0.05) is 55.3 Å². The van der Waals surface area contributed by atoms with Crippen LogP contribution in [0.5, 0.6) is 11.5 Å². The number of ether oxygens (including phenoxy) is 3. The number of carbonyl (C=O) groups excluding carboxylic acids is 4. The van der Waals surface area contributed by atoms with E-state index < -0.39 is 29.9 Å². The van der Waals surface area contributed by atoms with Gasteiger partial charge in [0.25, 0.3) is 5.91 Å². The van der Waals surface area contributed by atoms with E-state index in [2.05, 4.69) is 10.6 Å². The lowest BCUT2D eigenvalue weighted by molar-refractivity contribution is -0.139. The van der Waals surface area contributed by atoms with Crippen LogP contribution in [0.3, 0.4) is 0 Å². The fourth-order valence-corrected chi connectivity index (χ4v) is 5.54. The molecule has 4 aromatic carbocycles. The van der Waals surface area contributed by atoms with Crippen molar-refractivity contribution in [3.63, 3.8) is 0 Å². The molecule has 2 amide bonds. The van der Waals surface area contributed by atoms with Crippen molar-refractivity contribution in [2.24, 2.45) is 5.92 Å². The summed E-state index contributed by atoms with van der Waals surface area (Å²) in [6, 6.07) is 24.6. The Morgan fingerprint density at radius 3 is 2.18 bits per heavy atom. The van der Waals surface area contributed by atoms with E-state index in [1.165, 1.54) is 31.4 Å². The van der Waals surface area contributed by atoms with Gasteiger partial charge in [-0.05, 0) is 73.0 Å². The Kier molecular flexibility index (Phi) is 11.4. The van der Waals surface area contributed by atoms with Crippen molar-refractivity contribution in [1.29, 1.82) is 0 Å². The quantitative estimate of drug-likeness (QED) is 0.118. The number of hydrogen-bond donors (Lipinski definition) is 3. The molecule has 1 fully saturated rings. The summed E-state index contributed by atoms with van der Waals surface area (Å²) in [7, 11) is 1.38. The van der Waals surface area contributed by atoms with Crippen LogP contribution in [0.2, 0.25) is 0 Å². The lowest BCUT2D eigenvalue weighted by Crippen LogP contribution is -2.42. The molecule has 4 aromatic rings. The Hall–Kier alpha value is -5.97. The highest BCUT2D eigenvalue weighted by atomic mass is 16.6. The summed E-state index contributed by atoms with van der Waals surface area (Å²) in [5.74, 6) is -2.86. The molecule has 11 heteroatoms. The summed E-state index contributed by atoms with van der Waals surface area (Å²) < 4.78 is 16.5. The molecular formula is C38H36N2O9. The summed E-state index contributed by atoms with van der Waals surface area (Å²) >= 11 is 0. The summed E-state index contributed by atoms with van der Waals surface area (Å²) in [6.45, 7) is -0.154. The molecule has 5 rings (SSSR count). The number of benzene rings is 4. The van der Waals surface area contributed by atoms with Crippen molar-refractivity contribution in [1.82, 2.24) is 5.32 Å². The molecule has 11 nitrogen and oxygen atoms in total. The first-order chi connectivity index (χ1) is 23.7. The topological polar surface area (TPSA) is 157 Å². The molecule has 0 radical (unpaired) electrons. The van der Waals surface area contributed by atoms with Crippen molar-refractivity contribution in [2.75, 3.05) is 12.4 Å². The van der Waals surface area contributed by atoms with Crippen molar-refractivity contribution in [3.05, 3.63) is 125 Å². The Morgan fingerprint density at radius 1 is 0.796 bits per heavy atom. The molecule has 0 saturated heterocycles. The van der Waals surface area contributed by atoms with E-state index in [0.717, 1.165) is 25.7 Å². The predicted octanol–water partition coefficient (Wildman–Crippen LogP) is 5.83. The number of hydrogen-bond acceptors (Lipinski definition) is 8. The van der Waals surface area contributed by atoms with Crippen LogP contribution in [0.15, 0.2) is 97.1 Å². The average molecular weight is 665 g/mol. The third kappa shape index (κ3) is 9.10. The highest BCUT2D eigenvalue weighted by Crippen LogP contribution is 2.30. The number of amides is 2.